The summed E-state index contributed by atoms with van der Waals surface area (Å²) in [7, 11) is 0. The molecule has 13 heavy (non-hydrogen) atoms. The van der Waals surface area contributed by atoms with E-state index < -0.39 is 0 Å². The number of rotatable bonds is 6. The molecule has 2 unspecified atom stereocenters. The molecule has 0 aromatic heterocycles. The summed E-state index contributed by atoms with van der Waals surface area (Å²) >= 11 is 0. The molecule has 0 aromatic rings. The molecule has 0 rings (SSSR count). The second-order valence-electron chi connectivity index (χ2n) is 4.59. The minimum atomic E-state index is -0.160. The third-order valence-corrected chi connectivity index (χ3v) is 2.68. The second kappa shape index (κ2) is 6.39. The number of hydrogen-bond acceptors (Lipinski definition) is 2. The molecular formula is C11H25NO. The van der Waals surface area contributed by atoms with Crippen LogP contribution in [0.5, 0.6) is 0 Å². The molecule has 0 radical (unpaired) electrons. The Morgan fingerprint density at radius 2 is 1.54 bits per heavy atom. The van der Waals surface area contributed by atoms with E-state index in [1.54, 1.807) is 0 Å². The molecule has 2 atom stereocenters. The zero-order valence-corrected chi connectivity index (χ0v) is 9.67. The first-order valence-corrected chi connectivity index (χ1v) is 5.36. The van der Waals surface area contributed by atoms with E-state index in [2.05, 4.69) is 39.9 Å². The number of hydrogen-bond donors (Lipinski definition) is 2. The van der Waals surface area contributed by atoms with Crippen LogP contribution in [0.2, 0.25) is 0 Å². The maximum Gasteiger partial charge on any atom is 0.0575 e. The summed E-state index contributed by atoms with van der Waals surface area (Å²) in [5.74, 6) is 1.03. The lowest BCUT2D eigenvalue weighted by atomic mass is 10.0. The molecule has 2 nitrogen and oxygen atoms in total. The van der Waals surface area contributed by atoms with Crippen LogP contribution in [0, 0.1) is 11.8 Å². The average molecular weight is 187 g/mol. The van der Waals surface area contributed by atoms with E-state index in [-0.39, 0.29) is 6.10 Å². The summed E-state index contributed by atoms with van der Waals surface area (Å²) in [6.45, 7) is 11.6. The summed E-state index contributed by atoms with van der Waals surface area (Å²) in [6.07, 6.45) is 0.696. The lowest BCUT2D eigenvalue weighted by molar-refractivity contribution is 0.114. The molecule has 0 spiro atoms. The number of aliphatic hydroxyl groups is 1. The molecule has 0 saturated heterocycles. The van der Waals surface area contributed by atoms with Crippen molar-refractivity contribution < 1.29 is 5.11 Å². The summed E-state index contributed by atoms with van der Waals surface area (Å²) in [6, 6.07) is 0.541. The molecular weight excluding hydrogens is 162 g/mol. The van der Waals surface area contributed by atoms with E-state index in [9.17, 15) is 5.11 Å². The van der Waals surface area contributed by atoms with E-state index in [0.29, 0.717) is 17.9 Å². The van der Waals surface area contributed by atoms with Gasteiger partial charge in [-0.3, -0.25) is 0 Å². The van der Waals surface area contributed by atoms with Gasteiger partial charge in [0.1, 0.15) is 0 Å². The van der Waals surface area contributed by atoms with Crippen LogP contribution in [0.25, 0.3) is 0 Å². The van der Waals surface area contributed by atoms with Gasteiger partial charge in [-0.2, -0.15) is 0 Å². The van der Waals surface area contributed by atoms with Gasteiger partial charge in [0.25, 0.3) is 0 Å². The zero-order chi connectivity index (χ0) is 10.4. The smallest absolute Gasteiger partial charge is 0.0575 e. The minimum Gasteiger partial charge on any atom is -0.393 e. The molecule has 0 aliphatic heterocycles. The van der Waals surface area contributed by atoms with Crippen molar-refractivity contribution in [2.45, 2.75) is 53.2 Å². The van der Waals surface area contributed by atoms with E-state index in [1.807, 2.05) is 0 Å². The predicted molar refractivity (Wildman–Crippen MR) is 57.8 cm³/mol. The SMILES string of the molecule is CC(C)C(O)CCNC(C)C(C)C. The Bertz CT molecular complexity index is 109. The minimum absolute atomic E-state index is 0.160. The van der Waals surface area contributed by atoms with Crippen LogP contribution in [0.3, 0.4) is 0 Å². The van der Waals surface area contributed by atoms with Crippen molar-refractivity contribution in [3.63, 3.8) is 0 Å². The van der Waals surface area contributed by atoms with Gasteiger partial charge in [0, 0.05) is 6.04 Å². The largest absolute Gasteiger partial charge is 0.393 e. The number of nitrogens with one attached hydrogen (secondary N) is 1. The molecule has 0 amide bonds. The van der Waals surface area contributed by atoms with E-state index in [4.69, 9.17) is 0 Å². The van der Waals surface area contributed by atoms with Crippen molar-refractivity contribution in [3.05, 3.63) is 0 Å². The first-order chi connectivity index (χ1) is 5.95. The fourth-order valence-electron chi connectivity index (χ4n) is 1.03. The van der Waals surface area contributed by atoms with E-state index in [1.165, 1.54) is 0 Å². The summed E-state index contributed by atoms with van der Waals surface area (Å²) in [4.78, 5) is 0. The van der Waals surface area contributed by atoms with Gasteiger partial charge in [0.05, 0.1) is 6.10 Å². The van der Waals surface area contributed by atoms with Crippen molar-refractivity contribution in [2.24, 2.45) is 11.8 Å². The van der Waals surface area contributed by atoms with Crippen LogP contribution in [0.4, 0.5) is 0 Å². The Kier molecular flexibility index (Phi) is 6.35. The molecule has 2 N–H and O–H groups in total. The summed E-state index contributed by atoms with van der Waals surface area (Å²) < 4.78 is 0. The standard InChI is InChI=1S/C11H25NO/c1-8(2)10(5)12-7-6-11(13)9(3)4/h8-13H,6-7H2,1-5H3. The predicted octanol–water partition coefficient (Wildman–Crippen LogP) is 2.03. The maximum absolute atomic E-state index is 9.54. The molecule has 0 aliphatic carbocycles. The van der Waals surface area contributed by atoms with Gasteiger partial charge < -0.3 is 10.4 Å². The highest BCUT2D eigenvalue weighted by atomic mass is 16.3. The van der Waals surface area contributed by atoms with Gasteiger partial charge in [0.2, 0.25) is 0 Å². The Morgan fingerprint density at radius 3 is 1.92 bits per heavy atom. The molecule has 0 bridgehead atoms. The Labute approximate surface area is 82.7 Å². The lowest BCUT2D eigenvalue weighted by Crippen LogP contribution is -2.33. The van der Waals surface area contributed by atoms with Crippen molar-refractivity contribution >= 4 is 0 Å². The number of aliphatic hydroxyl groups excluding tert-OH is 1. The lowest BCUT2D eigenvalue weighted by Gasteiger charge is -2.20. The molecule has 0 aromatic carbocycles. The zero-order valence-electron chi connectivity index (χ0n) is 9.67. The van der Waals surface area contributed by atoms with Crippen LogP contribution in [0.1, 0.15) is 41.0 Å². The van der Waals surface area contributed by atoms with Crippen molar-refractivity contribution in [1.82, 2.24) is 5.32 Å². The van der Waals surface area contributed by atoms with Gasteiger partial charge in [-0.15, -0.1) is 0 Å². The maximum atomic E-state index is 9.54. The second-order valence-corrected chi connectivity index (χ2v) is 4.59. The first kappa shape index (κ1) is 12.9. The molecule has 0 fully saturated rings. The van der Waals surface area contributed by atoms with Gasteiger partial charge in [0.15, 0.2) is 0 Å². The van der Waals surface area contributed by atoms with Gasteiger partial charge >= 0.3 is 0 Å². The monoisotopic (exact) mass is 187 g/mol. The highest BCUT2D eigenvalue weighted by Gasteiger charge is 2.10. The van der Waals surface area contributed by atoms with Crippen LogP contribution in [-0.2, 0) is 0 Å². The molecule has 0 saturated carbocycles. The third-order valence-electron chi connectivity index (χ3n) is 2.68. The van der Waals surface area contributed by atoms with Crippen molar-refractivity contribution in [2.75, 3.05) is 6.54 Å². The van der Waals surface area contributed by atoms with Gasteiger partial charge in [-0.25, -0.2) is 0 Å². The van der Waals surface area contributed by atoms with E-state index in [0.717, 1.165) is 13.0 Å². The normalized spacial score (nSPS) is 16.6. The van der Waals surface area contributed by atoms with Crippen LogP contribution in [-0.4, -0.2) is 23.8 Å². The Hall–Kier alpha value is -0.0800. The van der Waals surface area contributed by atoms with Gasteiger partial charge in [-0.05, 0) is 31.7 Å². The fourth-order valence-corrected chi connectivity index (χ4v) is 1.03. The highest BCUT2D eigenvalue weighted by Crippen LogP contribution is 2.05. The molecule has 2 heteroatoms. The quantitative estimate of drug-likeness (QED) is 0.667. The third kappa shape index (κ3) is 6.05. The summed E-state index contributed by atoms with van der Waals surface area (Å²) in [5.41, 5.74) is 0. The summed E-state index contributed by atoms with van der Waals surface area (Å²) in [5, 5.41) is 12.9. The molecule has 0 heterocycles. The van der Waals surface area contributed by atoms with Crippen LogP contribution in [0.15, 0.2) is 0 Å². The molecule has 0 aliphatic rings. The first-order valence-electron chi connectivity index (χ1n) is 5.36. The van der Waals surface area contributed by atoms with E-state index >= 15 is 0 Å². The molecule has 80 valence electrons. The van der Waals surface area contributed by atoms with Gasteiger partial charge in [-0.1, -0.05) is 27.7 Å². The fraction of sp³-hybridized carbons (Fsp3) is 1.00. The highest BCUT2D eigenvalue weighted by molar-refractivity contribution is 4.67. The van der Waals surface area contributed by atoms with Crippen molar-refractivity contribution in [3.8, 4) is 0 Å². The Balaban J connectivity index is 3.45. The Morgan fingerprint density at radius 1 is 1.00 bits per heavy atom. The average Bonchev–Trinajstić information content (AvgIpc) is 2.03. The topological polar surface area (TPSA) is 32.3 Å². The van der Waals surface area contributed by atoms with Crippen LogP contribution >= 0.6 is 0 Å². The van der Waals surface area contributed by atoms with Crippen molar-refractivity contribution in [1.29, 1.82) is 0 Å². The van der Waals surface area contributed by atoms with Crippen LogP contribution < -0.4 is 5.32 Å².